The van der Waals surface area contributed by atoms with Crippen molar-refractivity contribution in [1.82, 2.24) is 4.98 Å². The topological polar surface area (TPSA) is 81.5 Å². The zero-order chi connectivity index (χ0) is 14.9. The number of ether oxygens (including phenoxy) is 2. The second kappa shape index (κ2) is 5.03. The summed E-state index contributed by atoms with van der Waals surface area (Å²) in [4.78, 5) is 26.4. The number of carbonyl (C=O) groups is 2. The SMILES string of the molecule is CC(OC(=O)c1cc2occc2[nH]1)OC(=O)C(C)(C)C. The van der Waals surface area contributed by atoms with Crippen molar-refractivity contribution in [1.29, 1.82) is 0 Å². The summed E-state index contributed by atoms with van der Waals surface area (Å²) in [6, 6.07) is 3.24. The van der Waals surface area contributed by atoms with Crippen LogP contribution >= 0.6 is 0 Å². The molecule has 1 unspecified atom stereocenters. The number of fused-ring (bicyclic) bond motifs is 1. The molecule has 0 saturated heterocycles. The number of carbonyl (C=O) groups excluding carboxylic acids is 2. The van der Waals surface area contributed by atoms with Gasteiger partial charge in [0.25, 0.3) is 0 Å². The standard InChI is InChI=1S/C14H17NO5/c1-8(20-13(17)14(2,3)4)19-12(16)10-7-11-9(15-10)5-6-18-11/h5-8,15H,1-4H3. The first-order chi connectivity index (χ1) is 9.27. The molecule has 108 valence electrons. The molecule has 0 aliphatic heterocycles. The zero-order valence-corrected chi connectivity index (χ0v) is 11.9. The Hall–Kier alpha value is -2.24. The van der Waals surface area contributed by atoms with Gasteiger partial charge in [-0.3, -0.25) is 4.79 Å². The largest absolute Gasteiger partial charge is 0.463 e. The average Bonchev–Trinajstić information content (AvgIpc) is 2.86. The molecule has 20 heavy (non-hydrogen) atoms. The van der Waals surface area contributed by atoms with Crippen LogP contribution in [0.15, 0.2) is 22.8 Å². The van der Waals surface area contributed by atoms with Gasteiger partial charge >= 0.3 is 11.9 Å². The highest BCUT2D eigenvalue weighted by Crippen LogP contribution is 2.19. The molecule has 0 aliphatic rings. The maximum absolute atomic E-state index is 11.9. The fourth-order valence-corrected chi connectivity index (χ4v) is 1.52. The zero-order valence-electron chi connectivity index (χ0n) is 11.9. The second-order valence-electron chi connectivity index (χ2n) is 5.51. The van der Waals surface area contributed by atoms with E-state index in [0.717, 1.165) is 0 Å². The van der Waals surface area contributed by atoms with Gasteiger partial charge in [0.15, 0.2) is 5.58 Å². The Morgan fingerprint density at radius 1 is 1.30 bits per heavy atom. The molecule has 1 atom stereocenters. The monoisotopic (exact) mass is 279 g/mol. The number of hydrogen-bond acceptors (Lipinski definition) is 5. The summed E-state index contributed by atoms with van der Waals surface area (Å²) in [5, 5.41) is 0. The molecular weight excluding hydrogens is 262 g/mol. The maximum Gasteiger partial charge on any atom is 0.357 e. The van der Waals surface area contributed by atoms with Gasteiger partial charge in [0.05, 0.1) is 17.2 Å². The van der Waals surface area contributed by atoms with E-state index in [-0.39, 0.29) is 5.69 Å². The van der Waals surface area contributed by atoms with Crippen molar-refractivity contribution in [3.8, 4) is 0 Å². The van der Waals surface area contributed by atoms with Gasteiger partial charge in [-0.15, -0.1) is 0 Å². The summed E-state index contributed by atoms with van der Waals surface area (Å²) in [6.45, 7) is 6.67. The van der Waals surface area contributed by atoms with Crippen LogP contribution in [0.2, 0.25) is 0 Å². The van der Waals surface area contributed by atoms with Crippen LogP contribution in [0.1, 0.15) is 38.2 Å². The number of hydrogen-bond donors (Lipinski definition) is 1. The van der Waals surface area contributed by atoms with Crippen LogP contribution in [-0.4, -0.2) is 23.2 Å². The minimum Gasteiger partial charge on any atom is -0.463 e. The highest BCUT2D eigenvalue weighted by molar-refractivity contribution is 5.93. The van der Waals surface area contributed by atoms with Gasteiger partial charge in [-0.1, -0.05) is 0 Å². The summed E-state index contributed by atoms with van der Waals surface area (Å²) < 4.78 is 15.2. The van der Waals surface area contributed by atoms with Gasteiger partial charge in [0, 0.05) is 19.1 Å². The predicted molar refractivity (Wildman–Crippen MR) is 71.0 cm³/mol. The number of rotatable bonds is 3. The molecule has 0 radical (unpaired) electrons. The summed E-state index contributed by atoms with van der Waals surface area (Å²) in [6.07, 6.45) is 0.563. The molecule has 2 rings (SSSR count). The molecule has 1 N–H and O–H groups in total. The molecule has 0 saturated carbocycles. The van der Waals surface area contributed by atoms with Gasteiger partial charge < -0.3 is 18.9 Å². The number of nitrogens with one attached hydrogen (secondary N) is 1. The Kier molecular flexibility index (Phi) is 3.57. The molecule has 0 aliphatic carbocycles. The lowest BCUT2D eigenvalue weighted by atomic mass is 9.97. The molecule has 0 fully saturated rings. The Balaban J connectivity index is 1.97. The maximum atomic E-state index is 11.9. The van der Waals surface area contributed by atoms with Crippen molar-refractivity contribution < 1.29 is 23.5 Å². The van der Waals surface area contributed by atoms with Gasteiger partial charge in [-0.2, -0.15) is 0 Å². The lowest BCUT2D eigenvalue weighted by Crippen LogP contribution is -2.29. The lowest BCUT2D eigenvalue weighted by Gasteiger charge is -2.20. The number of aromatic nitrogens is 1. The predicted octanol–water partition coefficient (Wildman–Crippen LogP) is 2.85. The van der Waals surface area contributed by atoms with Crippen molar-refractivity contribution in [2.75, 3.05) is 0 Å². The van der Waals surface area contributed by atoms with E-state index in [1.165, 1.54) is 19.3 Å². The number of H-pyrrole nitrogens is 1. The Bertz CT molecular complexity index is 603. The van der Waals surface area contributed by atoms with Gasteiger partial charge in [0.1, 0.15) is 5.69 Å². The minimum atomic E-state index is -0.955. The number of esters is 2. The van der Waals surface area contributed by atoms with E-state index in [1.54, 1.807) is 26.8 Å². The van der Waals surface area contributed by atoms with Crippen LogP contribution in [0.3, 0.4) is 0 Å². The Labute approximate surface area is 116 Å². The van der Waals surface area contributed by atoms with Crippen molar-refractivity contribution >= 4 is 23.0 Å². The molecule has 0 bridgehead atoms. The molecule has 0 amide bonds. The fraction of sp³-hybridized carbons (Fsp3) is 0.429. The second-order valence-corrected chi connectivity index (χ2v) is 5.51. The van der Waals surface area contributed by atoms with Crippen LogP contribution in [0.4, 0.5) is 0 Å². The third-order valence-electron chi connectivity index (χ3n) is 2.62. The van der Waals surface area contributed by atoms with Crippen molar-refractivity contribution in [2.24, 2.45) is 5.41 Å². The van der Waals surface area contributed by atoms with E-state index in [0.29, 0.717) is 11.1 Å². The highest BCUT2D eigenvalue weighted by atomic mass is 16.7. The molecule has 6 nitrogen and oxygen atoms in total. The van der Waals surface area contributed by atoms with Gasteiger partial charge in [-0.05, 0) is 20.8 Å². The summed E-state index contributed by atoms with van der Waals surface area (Å²) in [5.74, 6) is -1.04. The first kappa shape index (κ1) is 14.2. The van der Waals surface area contributed by atoms with E-state index < -0.39 is 23.6 Å². The highest BCUT2D eigenvalue weighted by Gasteiger charge is 2.26. The van der Waals surface area contributed by atoms with Crippen LogP contribution in [-0.2, 0) is 14.3 Å². The van der Waals surface area contributed by atoms with Crippen LogP contribution in [0.25, 0.3) is 11.1 Å². The Morgan fingerprint density at radius 2 is 2.00 bits per heavy atom. The molecule has 2 heterocycles. The van der Waals surface area contributed by atoms with Crippen molar-refractivity contribution in [3.63, 3.8) is 0 Å². The fourth-order valence-electron chi connectivity index (χ4n) is 1.52. The molecule has 6 heteroatoms. The normalized spacial score (nSPS) is 13.2. The van der Waals surface area contributed by atoms with E-state index in [9.17, 15) is 9.59 Å². The van der Waals surface area contributed by atoms with Gasteiger partial charge in [0.2, 0.25) is 6.29 Å². The van der Waals surface area contributed by atoms with E-state index >= 15 is 0 Å². The smallest absolute Gasteiger partial charge is 0.357 e. The summed E-state index contributed by atoms with van der Waals surface area (Å²) in [5.41, 5.74) is 0.873. The first-order valence-corrected chi connectivity index (χ1v) is 6.25. The van der Waals surface area contributed by atoms with Crippen LogP contribution in [0.5, 0.6) is 0 Å². The average molecular weight is 279 g/mol. The van der Waals surface area contributed by atoms with Crippen molar-refractivity contribution in [3.05, 3.63) is 24.1 Å². The summed E-state index contributed by atoms with van der Waals surface area (Å²) >= 11 is 0. The molecule has 0 aromatic carbocycles. The minimum absolute atomic E-state index is 0.248. The number of furan rings is 1. The number of aromatic amines is 1. The molecule has 2 aromatic heterocycles. The third kappa shape index (κ3) is 3.01. The Morgan fingerprint density at radius 3 is 2.60 bits per heavy atom. The summed E-state index contributed by atoms with van der Waals surface area (Å²) in [7, 11) is 0. The quantitative estimate of drug-likeness (QED) is 0.690. The van der Waals surface area contributed by atoms with Crippen molar-refractivity contribution in [2.45, 2.75) is 34.0 Å². The third-order valence-corrected chi connectivity index (χ3v) is 2.62. The van der Waals surface area contributed by atoms with Gasteiger partial charge in [-0.25, -0.2) is 4.79 Å². The van der Waals surface area contributed by atoms with Crippen LogP contribution < -0.4 is 0 Å². The molecular formula is C14H17NO5. The molecule has 0 spiro atoms. The van der Waals surface area contributed by atoms with E-state index in [1.807, 2.05) is 0 Å². The van der Waals surface area contributed by atoms with E-state index in [4.69, 9.17) is 13.9 Å². The lowest BCUT2D eigenvalue weighted by molar-refractivity contribution is -0.174. The van der Waals surface area contributed by atoms with E-state index in [2.05, 4.69) is 4.98 Å². The first-order valence-electron chi connectivity index (χ1n) is 6.25. The van der Waals surface area contributed by atoms with Crippen LogP contribution in [0, 0.1) is 5.41 Å². The molecule has 2 aromatic rings.